The first-order valence-corrected chi connectivity index (χ1v) is 14.6. The Morgan fingerprint density at radius 2 is 1.72 bits per heavy atom. The monoisotopic (exact) mass is 550 g/mol. The number of rotatable bonds is 8. The zero-order valence-electron chi connectivity index (χ0n) is 23.7. The normalized spacial score (nSPS) is 17.8. The van der Waals surface area contributed by atoms with Crippen LogP contribution in [0.4, 0.5) is 5.69 Å². The lowest BCUT2D eigenvalue weighted by atomic mass is 9.76. The molecule has 0 aliphatic carbocycles. The predicted octanol–water partition coefficient (Wildman–Crippen LogP) is 6.01. The molecule has 0 spiro atoms. The van der Waals surface area contributed by atoms with Gasteiger partial charge in [-0.25, -0.2) is 13.2 Å². The van der Waals surface area contributed by atoms with Gasteiger partial charge in [0.05, 0.1) is 4.90 Å². The van der Waals surface area contributed by atoms with Gasteiger partial charge in [0, 0.05) is 37.8 Å². The molecule has 3 aromatic carbocycles. The van der Waals surface area contributed by atoms with Crippen LogP contribution in [0, 0.1) is 6.92 Å². The van der Waals surface area contributed by atoms with Gasteiger partial charge in [-0.3, -0.25) is 0 Å². The zero-order chi connectivity index (χ0) is 28.7. The number of carboxylic acid groups (broad SMARTS) is 1. The number of aryl methyl sites for hydroxylation is 1. The second-order valence-electron chi connectivity index (χ2n) is 11.1. The second-order valence-corrected chi connectivity index (χ2v) is 13.0. The van der Waals surface area contributed by atoms with Crippen molar-refractivity contribution in [2.24, 2.45) is 0 Å². The van der Waals surface area contributed by atoms with Gasteiger partial charge >= 0.3 is 5.97 Å². The van der Waals surface area contributed by atoms with Crippen LogP contribution >= 0.6 is 0 Å². The van der Waals surface area contributed by atoms with Crippen molar-refractivity contribution >= 4 is 21.7 Å². The molecule has 4 rings (SSSR count). The number of hydrogen-bond donors (Lipinski definition) is 1. The van der Waals surface area contributed by atoms with Crippen LogP contribution in [0.1, 0.15) is 56.8 Å². The maximum Gasteiger partial charge on any atom is 0.344 e. The molecule has 0 fully saturated rings. The molecular weight excluding hydrogens is 512 g/mol. The molecule has 0 amide bonds. The Hall–Kier alpha value is -3.36. The van der Waals surface area contributed by atoms with E-state index < -0.39 is 27.5 Å². The van der Waals surface area contributed by atoms with Gasteiger partial charge in [-0.2, -0.15) is 4.31 Å². The molecule has 1 aliphatic rings. The van der Waals surface area contributed by atoms with Crippen molar-refractivity contribution in [2.45, 2.75) is 63.5 Å². The van der Waals surface area contributed by atoms with E-state index in [-0.39, 0.29) is 10.9 Å². The molecule has 208 valence electrons. The topological polar surface area (TPSA) is 87.2 Å². The molecule has 7 nitrogen and oxygen atoms in total. The van der Waals surface area contributed by atoms with Crippen molar-refractivity contribution < 1.29 is 23.1 Å². The highest BCUT2D eigenvalue weighted by molar-refractivity contribution is 7.89. The quantitative estimate of drug-likeness (QED) is 0.369. The largest absolute Gasteiger partial charge is 0.479 e. The van der Waals surface area contributed by atoms with Crippen LogP contribution in [0.5, 0.6) is 5.75 Å². The Morgan fingerprint density at radius 3 is 2.28 bits per heavy atom. The minimum atomic E-state index is -3.85. The lowest BCUT2D eigenvalue weighted by Gasteiger charge is -2.43. The van der Waals surface area contributed by atoms with Gasteiger partial charge in [-0.15, -0.1) is 0 Å². The van der Waals surface area contributed by atoms with E-state index in [9.17, 15) is 18.3 Å². The number of sulfonamides is 1. The smallest absolute Gasteiger partial charge is 0.344 e. The summed E-state index contributed by atoms with van der Waals surface area (Å²) in [6.07, 6.45) is -0.685. The summed E-state index contributed by atoms with van der Waals surface area (Å²) in [5.41, 5.74) is 5.55. The molecule has 2 atom stereocenters. The Labute approximate surface area is 232 Å². The zero-order valence-corrected chi connectivity index (χ0v) is 24.5. The first kappa shape index (κ1) is 28.6. The first-order chi connectivity index (χ1) is 18.3. The highest BCUT2D eigenvalue weighted by atomic mass is 32.2. The predicted molar refractivity (Wildman–Crippen MR) is 155 cm³/mol. The van der Waals surface area contributed by atoms with E-state index in [2.05, 4.69) is 61.2 Å². The van der Waals surface area contributed by atoms with Crippen LogP contribution in [-0.2, 0) is 20.2 Å². The van der Waals surface area contributed by atoms with Crippen molar-refractivity contribution in [1.29, 1.82) is 0 Å². The standard InChI is InChI=1S/C31H38N2O5S/c1-8-28(30(34)35)38-29-16-14-25(17-20(29)2)39(36,37)33-19-31(4,5)27-15-11-23(18-26(27)21(33)3)22-9-12-24(13-10-22)32(6)7/h9-18,21,28H,8,19H2,1-7H3,(H,34,35). The molecule has 0 saturated carbocycles. The number of nitrogens with zero attached hydrogens (tertiary/aromatic N) is 2. The third-order valence-corrected chi connectivity index (χ3v) is 9.51. The molecule has 0 radical (unpaired) electrons. The molecule has 8 heteroatoms. The highest BCUT2D eigenvalue weighted by Crippen LogP contribution is 2.44. The lowest BCUT2D eigenvalue weighted by Crippen LogP contribution is -2.47. The SMILES string of the molecule is CCC(Oc1ccc(S(=O)(=O)N2CC(C)(C)c3ccc(-c4ccc(N(C)C)cc4)cc3C2C)cc1C)C(=O)O. The van der Waals surface area contributed by atoms with Crippen LogP contribution in [-0.4, -0.2) is 50.5 Å². The fourth-order valence-electron chi connectivity index (χ4n) is 5.23. The van der Waals surface area contributed by atoms with Crippen molar-refractivity contribution in [1.82, 2.24) is 4.31 Å². The molecular formula is C31H38N2O5S. The third kappa shape index (κ3) is 5.54. The maximum atomic E-state index is 14.0. The average molecular weight is 551 g/mol. The summed E-state index contributed by atoms with van der Waals surface area (Å²) in [7, 11) is 0.162. The van der Waals surface area contributed by atoms with E-state index in [1.165, 1.54) is 6.07 Å². The number of aliphatic carboxylic acids is 1. The summed E-state index contributed by atoms with van der Waals surface area (Å²) in [6, 6.07) is 19.0. The van der Waals surface area contributed by atoms with E-state index in [4.69, 9.17) is 4.74 Å². The fourth-order valence-corrected chi connectivity index (χ4v) is 7.09. The van der Waals surface area contributed by atoms with E-state index in [1.54, 1.807) is 30.3 Å². The molecule has 0 bridgehead atoms. The number of carbonyl (C=O) groups is 1. The number of carboxylic acids is 1. The van der Waals surface area contributed by atoms with Crippen molar-refractivity contribution in [3.8, 4) is 16.9 Å². The molecule has 0 saturated heterocycles. The first-order valence-electron chi connectivity index (χ1n) is 13.2. The minimum absolute atomic E-state index is 0.164. The van der Waals surface area contributed by atoms with Crippen LogP contribution in [0.2, 0.25) is 0 Å². The summed E-state index contributed by atoms with van der Waals surface area (Å²) in [6.45, 7) is 9.89. The molecule has 1 N–H and O–H groups in total. The maximum absolute atomic E-state index is 14.0. The summed E-state index contributed by atoms with van der Waals surface area (Å²) in [4.78, 5) is 13.6. The van der Waals surface area contributed by atoms with Crippen molar-refractivity contribution in [2.75, 3.05) is 25.5 Å². The van der Waals surface area contributed by atoms with Crippen molar-refractivity contribution in [3.63, 3.8) is 0 Å². The van der Waals surface area contributed by atoms with E-state index >= 15 is 0 Å². The van der Waals surface area contributed by atoms with Gasteiger partial charge in [0.2, 0.25) is 10.0 Å². The van der Waals surface area contributed by atoms with Crippen LogP contribution in [0.3, 0.4) is 0 Å². The summed E-state index contributed by atoms with van der Waals surface area (Å²) in [5.74, 6) is -0.685. The molecule has 1 heterocycles. The van der Waals surface area contributed by atoms with E-state index in [1.807, 2.05) is 21.0 Å². The molecule has 0 aromatic heterocycles. The Balaban J connectivity index is 1.69. The van der Waals surface area contributed by atoms with Gasteiger partial charge in [-0.05, 0) is 84.5 Å². The van der Waals surface area contributed by atoms with Crippen LogP contribution < -0.4 is 9.64 Å². The van der Waals surface area contributed by atoms with Gasteiger partial charge in [-0.1, -0.05) is 45.0 Å². The summed E-state index contributed by atoms with van der Waals surface area (Å²) >= 11 is 0. The van der Waals surface area contributed by atoms with Crippen LogP contribution in [0.25, 0.3) is 11.1 Å². The number of hydrogen-bond acceptors (Lipinski definition) is 5. The van der Waals surface area contributed by atoms with E-state index in [0.717, 1.165) is 27.9 Å². The highest BCUT2D eigenvalue weighted by Gasteiger charge is 2.42. The molecule has 1 aliphatic heterocycles. The Morgan fingerprint density at radius 1 is 1.08 bits per heavy atom. The summed E-state index contributed by atoms with van der Waals surface area (Å²) < 4.78 is 35.2. The fraction of sp³-hybridized carbons (Fsp3) is 0.387. The number of ether oxygens (including phenoxy) is 1. The molecule has 3 aromatic rings. The molecule has 39 heavy (non-hydrogen) atoms. The second kappa shape index (κ2) is 10.7. The Kier molecular flexibility index (Phi) is 7.83. The van der Waals surface area contributed by atoms with Gasteiger partial charge in [0.1, 0.15) is 5.75 Å². The van der Waals surface area contributed by atoms with Crippen molar-refractivity contribution in [3.05, 3.63) is 77.4 Å². The number of anilines is 1. The Bertz CT molecular complexity index is 1480. The van der Waals surface area contributed by atoms with Crippen LogP contribution in [0.15, 0.2) is 65.6 Å². The lowest BCUT2D eigenvalue weighted by molar-refractivity contribution is -0.145. The summed E-state index contributed by atoms with van der Waals surface area (Å²) in [5, 5.41) is 9.33. The minimum Gasteiger partial charge on any atom is -0.479 e. The molecule has 2 unspecified atom stereocenters. The third-order valence-electron chi connectivity index (χ3n) is 7.60. The van der Waals surface area contributed by atoms with Gasteiger partial charge in [0.25, 0.3) is 0 Å². The van der Waals surface area contributed by atoms with E-state index in [0.29, 0.717) is 24.3 Å². The van der Waals surface area contributed by atoms with Gasteiger partial charge in [0.15, 0.2) is 6.10 Å². The van der Waals surface area contributed by atoms with Gasteiger partial charge < -0.3 is 14.7 Å². The number of fused-ring (bicyclic) bond motifs is 1. The average Bonchev–Trinajstić information content (AvgIpc) is 2.89. The number of benzene rings is 3.